The second-order valence-electron chi connectivity index (χ2n) is 4.91. The highest BCUT2D eigenvalue weighted by Gasteiger charge is 2.12. The Kier molecular flexibility index (Phi) is 4.33. The van der Waals surface area contributed by atoms with Crippen LogP contribution in [0, 0.1) is 6.92 Å². The monoisotopic (exact) mass is 305 g/mol. The van der Waals surface area contributed by atoms with Crippen LogP contribution in [0.3, 0.4) is 0 Å². The van der Waals surface area contributed by atoms with Gasteiger partial charge in [-0.05, 0) is 36.8 Å². The number of aromatic hydroxyl groups is 1. The number of hydrogen-bond donors (Lipinski definition) is 2. The number of nitrogens with one attached hydrogen (secondary N) is 1. The summed E-state index contributed by atoms with van der Waals surface area (Å²) in [5, 5.41) is 12.7. The summed E-state index contributed by atoms with van der Waals surface area (Å²) >= 11 is 5.93. The smallest absolute Gasteiger partial charge is 0.256 e. The van der Waals surface area contributed by atoms with Gasteiger partial charge in [-0.25, -0.2) is 4.98 Å². The van der Waals surface area contributed by atoms with Gasteiger partial charge in [0.2, 0.25) is 0 Å². The van der Waals surface area contributed by atoms with Crippen molar-refractivity contribution in [3.63, 3.8) is 0 Å². The van der Waals surface area contributed by atoms with E-state index in [-0.39, 0.29) is 16.8 Å². The molecule has 110 valence electrons. The molecule has 0 atom stereocenters. The first-order valence-electron chi connectivity index (χ1n) is 6.32. The standard InChI is InChI=1S/C15H16ClN3O2/c1-9-4-5-11(12(20)6-9)17-15(21)10-7-13(16)18-14(8-10)19(2)3/h4-8,20H,1-3H3,(H,17,21). The molecule has 0 aliphatic rings. The van der Waals surface area contributed by atoms with Crippen molar-refractivity contribution in [1.82, 2.24) is 4.98 Å². The van der Waals surface area contributed by atoms with Crippen molar-refractivity contribution < 1.29 is 9.90 Å². The maximum absolute atomic E-state index is 12.3. The average Bonchev–Trinajstić information content (AvgIpc) is 2.41. The summed E-state index contributed by atoms with van der Waals surface area (Å²) in [6.45, 7) is 1.86. The van der Waals surface area contributed by atoms with E-state index in [4.69, 9.17) is 11.6 Å². The van der Waals surface area contributed by atoms with Gasteiger partial charge in [-0.1, -0.05) is 17.7 Å². The molecule has 6 heteroatoms. The number of aromatic nitrogens is 1. The molecule has 1 amide bonds. The molecule has 0 saturated carbocycles. The van der Waals surface area contributed by atoms with E-state index in [0.29, 0.717) is 17.1 Å². The van der Waals surface area contributed by atoms with Gasteiger partial charge in [0.1, 0.15) is 16.7 Å². The Bertz CT molecular complexity index is 687. The Morgan fingerprint density at radius 1 is 1.29 bits per heavy atom. The topological polar surface area (TPSA) is 65.5 Å². The number of amides is 1. The summed E-state index contributed by atoms with van der Waals surface area (Å²) in [5.41, 5.74) is 1.64. The van der Waals surface area contributed by atoms with Gasteiger partial charge < -0.3 is 15.3 Å². The fourth-order valence-electron chi connectivity index (χ4n) is 1.79. The normalized spacial score (nSPS) is 10.3. The number of aryl methyl sites for hydroxylation is 1. The molecule has 0 bridgehead atoms. The summed E-state index contributed by atoms with van der Waals surface area (Å²) in [4.78, 5) is 18.1. The van der Waals surface area contributed by atoms with Crippen LogP contribution in [0.25, 0.3) is 0 Å². The first-order chi connectivity index (χ1) is 9.86. The van der Waals surface area contributed by atoms with Gasteiger partial charge >= 0.3 is 0 Å². The quantitative estimate of drug-likeness (QED) is 0.675. The number of phenols is 1. The van der Waals surface area contributed by atoms with Crippen molar-refractivity contribution in [2.24, 2.45) is 0 Å². The number of hydrogen-bond acceptors (Lipinski definition) is 4. The molecule has 5 nitrogen and oxygen atoms in total. The van der Waals surface area contributed by atoms with Gasteiger partial charge in [-0.15, -0.1) is 0 Å². The molecule has 0 fully saturated rings. The van der Waals surface area contributed by atoms with Crippen molar-refractivity contribution in [1.29, 1.82) is 0 Å². The van der Waals surface area contributed by atoms with E-state index in [0.717, 1.165) is 5.56 Å². The largest absolute Gasteiger partial charge is 0.506 e. The molecule has 2 N–H and O–H groups in total. The maximum Gasteiger partial charge on any atom is 0.256 e. The van der Waals surface area contributed by atoms with Crippen LogP contribution < -0.4 is 10.2 Å². The molecular formula is C15H16ClN3O2. The van der Waals surface area contributed by atoms with E-state index in [1.54, 1.807) is 29.2 Å². The van der Waals surface area contributed by atoms with Crippen molar-refractivity contribution in [2.45, 2.75) is 6.92 Å². The molecule has 0 aliphatic heterocycles. The lowest BCUT2D eigenvalue weighted by molar-refractivity contribution is 0.102. The first-order valence-corrected chi connectivity index (χ1v) is 6.70. The van der Waals surface area contributed by atoms with E-state index in [9.17, 15) is 9.90 Å². The fraction of sp³-hybridized carbons (Fsp3) is 0.200. The molecule has 1 heterocycles. The van der Waals surface area contributed by atoms with Gasteiger partial charge in [0, 0.05) is 19.7 Å². The molecule has 0 unspecified atom stereocenters. The minimum atomic E-state index is -0.360. The van der Waals surface area contributed by atoms with Crippen molar-refractivity contribution in [3.05, 3.63) is 46.6 Å². The van der Waals surface area contributed by atoms with E-state index in [1.165, 1.54) is 6.07 Å². The summed E-state index contributed by atoms with van der Waals surface area (Å²) in [5.74, 6) is 0.249. The second-order valence-corrected chi connectivity index (χ2v) is 5.29. The number of pyridine rings is 1. The zero-order chi connectivity index (χ0) is 15.6. The maximum atomic E-state index is 12.3. The Labute approximate surface area is 128 Å². The number of carbonyl (C=O) groups excluding carboxylic acids is 1. The Morgan fingerprint density at radius 3 is 2.62 bits per heavy atom. The SMILES string of the molecule is Cc1ccc(NC(=O)c2cc(Cl)nc(N(C)C)c2)c(O)c1. The third kappa shape index (κ3) is 3.64. The molecule has 2 aromatic rings. The lowest BCUT2D eigenvalue weighted by Gasteiger charge is -2.13. The number of benzene rings is 1. The Hall–Kier alpha value is -2.27. The molecule has 0 spiro atoms. The van der Waals surface area contributed by atoms with E-state index in [1.807, 2.05) is 21.0 Å². The lowest BCUT2D eigenvalue weighted by Crippen LogP contribution is -2.15. The molecule has 1 aromatic heterocycles. The van der Waals surface area contributed by atoms with Crippen molar-refractivity contribution >= 4 is 29.0 Å². The van der Waals surface area contributed by atoms with Crippen LogP contribution in [0.1, 0.15) is 15.9 Å². The minimum Gasteiger partial charge on any atom is -0.506 e. The Morgan fingerprint density at radius 2 is 2.00 bits per heavy atom. The van der Waals surface area contributed by atoms with Crippen LogP contribution in [0.15, 0.2) is 30.3 Å². The minimum absolute atomic E-state index is 0.0244. The Balaban J connectivity index is 2.28. The summed E-state index contributed by atoms with van der Waals surface area (Å²) in [6.07, 6.45) is 0. The van der Waals surface area contributed by atoms with Gasteiger partial charge in [0.25, 0.3) is 5.91 Å². The van der Waals surface area contributed by atoms with Gasteiger partial charge in [0.15, 0.2) is 0 Å². The number of halogens is 1. The second kappa shape index (κ2) is 6.01. The van der Waals surface area contributed by atoms with Gasteiger partial charge in [-0.2, -0.15) is 0 Å². The highest BCUT2D eigenvalue weighted by molar-refractivity contribution is 6.30. The van der Waals surface area contributed by atoms with E-state index >= 15 is 0 Å². The number of nitrogens with zero attached hydrogens (tertiary/aromatic N) is 2. The number of carbonyl (C=O) groups is 1. The third-order valence-corrected chi connectivity index (χ3v) is 3.10. The molecule has 2 rings (SSSR count). The lowest BCUT2D eigenvalue weighted by atomic mass is 10.2. The van der Waals surface area contributed by atoms with E-state index in [2.05, 4.69) is 10.3 Å². The molecule has 0 radical (unpaired) electrons. The van der Waals surface area contributed by atoms with Crippen LogP contribution in [0.5, 0.6) is 5.75 Å². The van der Waals surface area contributed by atoms with Crippen molar-refractivity contribution in [2.75, 3.05) is 24.3 Å². The fourth-order valence-corrected chi connectivity index (χ4v) is 1.99. The zero-order valence-electron chi connectivity index (χ0n) is 12.0. The average molecular weight is 306 g/mol. The van der Waals surface area contributed by atoms with Crippen LogP contribution in [-0.4, -0.2) is 30.1 Å². The van der Waals surface area contributed by atoms with Crippen LogP contribution >= 0.6 is 11.6 Å². The van der Waals surface area contributed by atoms with Gasteiger partial charge in [-0.3, -0.25) is 4.79 Å². The van der Waals surface area contributed by atoms with E-state index < -0.39 is 0 Å². The molecule has 1 aromatic carbocycles. The van der Waals surface area contributed by atoms with Gasteiger partial charge in [0.05, 0.1) is 5.69 Å². The molecular weight excluding hydrogens is 290 g/mol. The van der Waals surface area contributed by atoms with Crippen LogP contribution in [-0.2, 0) is 0 Å². The number of phenolic OH excluding ortho intramolecular Hbond substituents is 1. The van der Waals surface area contributed by atoms with Crippen LogP contribution in [0.4, 0.5) is 11.5 Å². The molecule has 0 saturated heterocycles. The van der Waals surface area contributed by atoms with Crippen LogP contribution in [0.2, 0.25) is 5.15 Å². The predicted octanol–water partition coefficient (Wildman–Crippen LogP) is 3.07. The molecule has 0 aliphatic carbocycles. The predicted molar refractivity (Wildman–Crippen MR) is 84.4 cm³/mol. The summed E-state index contributed by atoms with van der Waals surface area (Å²) in [6, 6.07) is 8.15. The third-order valence-electron chi connectivity index (χ3n) is 2.90. The number of anilines is 2. The number of rotatable bonds is 3. The zero-order valence-corrected chi connectivity index (χ0v) is 12.8. The summed E-state index contributed by atoms with van der Waals surface area (Å²) in [7, 11) is 3.62. The van der Waals surface area contributed by atoms with Crippen molar-refractivity contribution in [3.8, 4) is 5.75 Å². The molecule has 21 heavy (non-hydrogen) atoms. The highest BCUT2D eigenvalue weighted by atomic mass is 35.5. The first kappa shape index (κ1) is 15.1. The highest BCUT2D eigenvalue weighted by Crippen LogP contribution is 2.25. The summed E-state index contributed by atoms with van der Waals surface area (Å²) < 4.78 is 0.